The van der Waals surface area contributed by atoms with Crippen molar-refractivity contribution in [1.82, 2.24) is 4.90 Å². The van der Waals surface area contributed by atoms with E-state index in [0.717, 1.165) is 25.7 Å². The van der Waals surface area contributed by atoms with Crippen molar-refractivity contribution in [2.24, 2.45) is 0 Å². The molecule has 15 heavy (non-hydrogen) atoms. The molecule has 1 atom stereocenters. The van der Waals surface area contributed by atoms with Crippen LogP contribution in [-0.4, -0.2) is 46.2 Å². The lowest BCUT2D eigenvalue weighted by atomic mass is 10.1. The minimum Gasteiger partial charge on any atom is -0.481 e. The third-order valence-electron chi connectivity index (χ3n) is 3.05. The first-order valence-corrected chi connectivity index (χ1v) is 5.19. The highest BCUT2D eigenvalue weighted by atomic mass is 16.4. The van der Waals surface area contributed by atoms with Gasteiger partial charge in [-0.2, -0.15) is 0 Å². The highest BCUT2D eigenvalue weighted by Gasteiger charge is 2.31. The molecule has 0 spiro atoms. The first-order valence-electron chi connectivity index (χ1n) is 5.19. The molecule has 86 valence electrons. The van der Waals surface area contributed by atoms with Crippen LogP contribution >= 0.6 is 0 Å². The van der Waals surface area contributed by atoms with Gasteiger partial charge in [-0.1, -0.05) is 12.8 Å². The van der Waals surface area contributed by atoms with Gasteiger partial charge in [0.15, 0.2) is 0 Å². The van der Waals surface area contributed by atoms with Crippen molar-refractivity contribution >= 4 is 11.9 Å². The second-order valence-corrected chi connectivity index (χ2v) is 4.06. The van der Waals surface area contributed by atoms with Crippen molar-refractivity contribution in [3.05, 3.63) is 0 Å². The van der Waals surface area contributed by atoms with E-state index in [1.807, 2.05) is 0 Å². The number of hydrogen-bond acceptors (Lipinski definition) is 3. The van der Waals surface area contributed by atoms with Gasteiger partial charge >= 0.3 is 11.9 Å². The lowest BCUT2D eigenvalue weighted by molar-refractivity contribution is -0.150. The Morgan fingerprint density at radius 1 is 1.33 bits per heavy atom. The summed E-state index contributed by atoms with van der Waals surface area (Å²) in [7, 11) is 1.71. The zero-order valence-electron chi connectivity index (χ0n) is 8.85. The van der Waals surface area contributed by atoms with Crippen molar-refractivity contribution in [3.8, 4) is 0 Å². The number of carboxylic acid groups (broad SMARTS) is 2. The standard InChI is InChI=1S/C10H17NO4/c1-11(7-4-2-3-5-7)8(10(14)15)6-9(12)13/h7-8H,2-6H2,1H3,(H,12,13)(H,14,15). The first kappa shape index (κ1) is 12.0. The van der Waals surface area contributed by atoms with Crippen LogP contribution in [0.5, 0.6) is 0 Å². The molecule has 0 saturated heterocycles. The minimum atomic E-state index is -1.06. The maximum Gasteiger partial charge on any atom is 0.321 e. The number of likely N-dealkylation sites (N-methyl/N-ethyl adjacent to an activating group) is 1. The van der Waals surface area contributed by atoms with E-state index in [1.54, 1.807) is 11.9 Å². The largest absolute Gasteiger partial charge is 0.481 e. The van der Waals surface area contributed by atoms with E-state index in [9.17, 15) is 9.59 Å². The van der Waals surface area contributed by atoms with Crippen LogP contribution in [-0.2, 0) is 9.59 Å². The smallest absolute Gasteiger partial charge is 0.321 e. The van der Waals surface area contributed by atoms with Gasteiger partial charge in [0.25, 0.3) is 0 Å². The maximum atomic E-state index is 10.9. The van der Waals surface area contributed by atoms with Gasteiger partial charge in [-0.25, -0.2) is 0 Å². The topological polar surface area (TPSA) is 77.8 Å². The average Bonchev–Trinajstić information content (AvgIpc) is 2.65. The Kier molecular flexibility index (Phi) is 4.08. The van der Waals surface area contributed by atoms with Crippen molar-refractivity contribution in [1.29, 1.82) is 0 Å². The molecular formula is C10H17NO4. The van der Waals surface area contributed by atoms with Crippen molar-refractivity contribution in [2.75, 3.05) is 7.05 Å². The Labute approximate surface area is 88.7 Å². The summed E-state index contributed by atoms with van der Waals surface area (Å²) in [6, 6.07) is -0.670. The fraction of sp³-hybridized carbons (Fsp3) is 0.800. The third kappa shape index (κ3) is 3.20. The summed E-state index contributed by atoms with van der Waals surface area (Å²) >= 11 is 0. The van der Waals surface area contributed by atoms with Crippen LogP contribution in [0.4, 0.5) is 0 Å². The van der Waals surface area contributed by atoms with Crippen molar-refractivity contribution < 1.29 is 19.8 Å². The molecule has 0 aromatic heterocycles. The van der Waals surface area contributed by atoms with E-state index in [-0.39, 0.29) is 12.5 Å². The van der Waals surface area contributed by atoms with Gasteiger partial charge in [0.1, 0.15) is 6.04 Å². The summed E-state index contributed by atoms with van der Waals surface area (Å²) in [5.74, 6) is -2.11. The number of carboxylic acids is 2. The fourth-order valence-corrected chi connectivity index (χ4v) is 2.14. The van der Waals surface area contributed by atoms with E-state index in [4.69, 9.17) is 10.2 Å². The van der Waals surface area contributed by atoms with Gasteiger partial charge in [-0.3, -0.25) is 14.5 Å². The lowest BCUT2D eigenvalue weighted by Crippen LogP contribution is -2.45. The number of aliphatic carboxylic acids is 2. The van der Waals surface area contributed by atoms with E-state index < -0.39 is 18.0 Å². The summed E-state index contributed by atoms with van der Waals surface area (Å²) in [6.07, 6.45) is 3.82. The van der Waals surface area contributed by atoms with Gasteiger partial charge in [0, 0.05) is 6.04 Å². The van der Waals surface area contributed by atoms with E-state index in [0.29, 0.717) is 0 Å². The van der Waals surface area contributed by atoms with Crippen molar-refractivity contribution in [2.45, 2.75) is 44.2 Å². The van der Waals surface area contributed by atoms with Crippen LogP contribution < -0.4 is 0 Å². The molecule has 2 N–H and O–H groups in total. The van der Waals surface area contributed by atoms with Gasteiger partial charge in [-0.15, -0.1) is 0 Å². The van der Waals surface area contributed by atoms with Crippen LogP contribution in [0.1, 0.15) is 32.1 Å². The van der Waals surface area contributed by atoms with Crippen LogP contribution in [0.25, 0.3) is 0 Å². The van der Waals surface area contributed by atoms with Gasteiger partial charge in [-0.05, 0) is 19.9 Å². The Bertz CT molecular complexity index is 248. The summed E-state index contributed by atoms with van der Waals surface area (Å²) < 4.78 is 0. The average molecular weight is 215 g/mol. The molecular weight excluding hydrogens is 198 g/mol. The van der Waals surface area contributed by atoms with Crippen LogP contribution in [0.2, 0.25) is 0 Å². The summed E-state index contributed by atoms with van der Waals surface area (Å²) in [6.45, 7) is 0. The van der Waals surface area contributed by atoms with Crippen molar-refractivity contribution in [3.63, 3.8) is 0 Å². The second kappa shape index (κ2) is 5.11. The van der Waals surface area contributed by atoms with Gasteiger partial charge in [0.05, 0.1) is 6.42 Å². The lowest BCUT2D eigenvalue weighted by Gasteiger charge is -2.29. The highest BCUT2D eigenvalue weighted by molar-refractivity contribution is 5.80. The zero-order chi connectivity index (χ0) is 11.4. The summed E-state index contributed by atoms with van der Waals surface area (Å²) in [5.41, 5.74) is 0. The first-order chi connectivity index (χ1) is 7.02. The predicted molar refractivity (Wildman–Crippen MR) is 53.7 cm³/mol. The van der Waals surface area contributed by atoms with E-state index in [2.05, 4.69) is 0 Å². The molecule has 1 unspecified atom stereocenters. The molecule has 0 amide bonds. The third-order valence-corrected chi connectivity index (χ3v) is 3.05. The van der Waals surface area contributed by atoms with Gasteiger partial charge < -0.3 is 10.2 Å². The molecule has 5 heteroatoms. The molecule has 1 saturated carbocycles. The van der Waals surface area contributed by atoms with Crippen LogP contribution in [0.3, 0.4) is 0 Å². The molecule has 0 radical (unpaired) electrons. The Morgan fingerprint density at radius 3 is 2.27 bits per heavy atom. The number of rotatable bonds is 5. The van der Waals surface area contributed by atoms with Crippen LogP contribution in [0, 0.1) is 0 Å². The quantitative estimate of drug-likeness (QED) is 0.709. The SMILES string of the molecule is CN(C1CCCC1)C(CC(=O)O)C(=O)O. The highest BCUT2D eigenvalue weighted by Crippen LogP contribution is 2.24. The Hall–Kier alpha value is -1.10. The van der Waals surface area contributed by atoms with Crippen LogP contribution in [0.15, 0.2) is 0 Å². The molecule has 1 rings (SSSR count). The second-order valence-electron chi connectivity index (χ2n) is 4.06. The molecule has 0 aromatic carbocycles. The zero-order valence-corrected chi connectivity index (χ0v) is 8.85. The number of hydrogen-bond donors (Lipinski definition) is 2. The predicted octanol–water partition coefficient (Wildman–Crippen LogP) is 0.789. The molecule has 0 heterocycles. The minimum absolute atomic E-state index is 0.227. The molecule has 0 aromatic rings. The molecule has 1 aliphatic carbocycles. The summed E-state index contributed by atoms with van der Waals surface area (Å²) in [4.78, 5) is 23.2. The Balaban J connectivity index is 2.61. The number of nitrogens with zero attached hydrogens (tertiary/aromatic N) is 1. The Morgan fingerprint density at radius 2 is 1.87 bits per heavy atom. The summed E-state index contributed by atoms with van der Waals surface area (Å²) in [5, 5.41) is 17.6. The molecule has 5 nitrogen and oxygen atoms in total. The van der Waals surface area contributed by atoms with E-state index >= 15 is 0 Å². The maximum absolute atomic E-state index is 10.9. The normalized spacial score (nSPS) is 19.3. The molecule has 1 aliphatic rings. The number of carbonyl (C=O) groups is 2. The molecule has 1 fully saturated rings. The van der Waals surface area contributed by atoms with E-state index in [1.165, 1.54) is 0 Å². The molecule has 0 bridgehead atoms. The monoisotopic (exact) mass is 215 g/mol. The van der Waals surface area contributed by atoms with Gasteiger partial charge in [0.2, 0.25) is 0 Å². The fourth-order valence-electron chi connectivity index (χ4n) is 2.14. The molecule has 0 aliphatic heterocycles.